The van der Waals surface area contributed by atoms with E-state index in [1.54, 1.807) is 0 Å². The quantitative estimate of drug-likeness (QED) is 0.586. The molecule has 2 aromatic carbocycles. The molecule has 0 aliphatic carbocycles. The molecule has 1 amide bonds. The first-order valence-corrected chi connectivity index (χ1v) is 7.82. The molecule has 6 nitrogen and oxygen atoms in total. The SMILES string of the molecule is CC[C@H](Nc1ccc(C(N)=O)cc1[N+](=O)[O-])c1ccc(Br)cc1. The molecule has 0 radical (unpaired) electrons. The summed E-state index contributed by atoms with van der Waals surface area (Å²) < 4.78 is 0.966. The number of carbonyl (C=O) groups excluding carboxylic acids is 1. The van der Waals surface area contributed by atoms with Gasteiger partial charge < -0.3 is 11.1 Å². The van der Waals surface area contributed by atoms with E-state index in [9.17, 15) is 14.9 Å². The molecular weight excluding hydrogens is 362 g/mol. The Balaban J connectivity index is 2.35. The molecule has 0 heterocycles. The van der Waals surface area contributed by atoms with Crippen molar-refractivity contribution < 1.29 is 9.72 Å². The van der Waals surface area contributed by atoms with Gasteiger partial charge in [-0.2, -0.15) is 0 Å². The van der Waals surface area contributed by atoms with Gasteiger partial charge in [-0.25, -0.2) is 0 Å². The van der Waals surface area contributed by atoms with Crippen LogP contribution in [-0.2, 0) is 0 Å². The first-order valence-electron chi connectivity index (χ1n) is 7.02. The van der Waals surface area contributed by atoms with E-state index in [-0.39, 0.29) is 17.3 Å². The number of nitro benzene ring substituents is 1. The van der Waals surface area contributed by atoms with Gasteiger partial charge in [0.1, 0.15) is 5.69 Å². The van der Waals surface area contributed by atoms with Gasteiger partial charge in [0.25, 0.3) is 5.69 Å². The number of carbonyl (C=O) groups is 1. The number of primary amides is 1. The molecule has 1 atom stereocenters. The highest BCUT2D eigenvalue weighted by atomic mass is 79.9. The summed E-state index contributed by atoms with van der Waals surface area (Å²) >= 11 is 3.38. The van der Waals surface area contributed by atoms with Crippen molar-refractivity contribution in [1.29, 1.82) is 0 Å². The van der Waals surface area contributed by atoms with Crippen LogP contribution >= 0.6 is 15.9 Å². The average Bonchev–Trinajstić information content (AvgIpc) is 2.53. The van der Waals surface area contributed by atoms with E-state index in [0.29, 0.717) is 5.69 Å². The van der Waals surface area contributed by atoms with Crippen LogP contribution in [0.3, 0.4) is 0 Å². The number of nitrogens with one attached hydrogen (secondary N) is 1. The first kappa shape index (κ1) is 17.0. The van der Waals surface area contributed by atoms with E-state index in [1.807, 2.05) is 31.2 Å². The lowest BCUT2D eigenvalue weighted by Crippen LogP contribution is -2.14. The minimum absolute atomic E-state index is 0.0822. The van der Waals surface area contributed by atoms with Crippen molar-refractivity contribution in [1.82, 2.24) is 0 Å². The Bertz CT molecular complexity index is 732. The third-order valence-corrected chi connectivity index (χ3v) is 4.02. The lowest BCUT2D eigenvalue weighted by Gasteiger charge is -2.19. The van der Waals surface area contributed by atoms with Crippen LogP contribution in [0.15, 0.2) is 46.9 Å². The third kappa shape index (κ3) is 4.07. The fourth-order valence-corrected chi connectivity index (χ4v) is 2.53. The molecule has 2 aromatic rings. The number of amides is 1. The van der Waals surface area contributed by atoms with Crippen molar-refractivity contribution in [2.45, 2.75) is 19.4 Å². The molecule has 0 spiro atoms. The van der Waals surface area contributed by atoms with Gasteiger partial charge in [0.05, 0.1) is 11.0 Å². The van der Waals surface area contributed by atoms with E-state index in [1.165, 1.54) is 18.2 Å². The van der Waals surface area contributed by atoms with Crippen LogP contribution in [0.2, 0.25) is 0 Å². The molecule has 0 fully saturated rings. The van der Waals surface area contributed by atoms with Gasteiger partial charge in [-0.05, 0) is 36.2 Å². The molecule has 7 heteroatoms. The van der Waals surface area contributed by atoms with E-state index >= 15 is 0 Å². The summed E-state index contributed by atoms with van der Waals surface area (Å²) in [5.74, 6) is -0.695. The zero-order chi connectivity index (χ0) is 17.0. The Kier molecular flexibility index (Phi) is 5.33. The Hall–Kier alpha value is -2.41. The monoisotopic (exact) mass is 377 g/mol. The minimum Gasteiger partial charge on any atom is -0.373 e. The van der Waals surface area contributed by atoms with Crippen LogP contribution in [0.5, 0.6) is 0 Å². The predicted octanol–water partition coefficient (Wildman–Crippen LogP) is 4.02. The topological polar surface area (TPSA) is 98.3 Å². The Morgan fingerprint density at radius 1 is 1.30 bits per heavy atom. The van der Waals surface area contributed by atoms with Crippen LogP contribution in [0.1, 0.15) is 35.3 Å². The number of halogens is 1. The number of nitrogens with zero attached hydrogens (tertiary/aromatic N) is 1. The second kappa shape index (κ2) is 7.23. The van der Waals surface area contributed by atoms with Gasteiger partial charge in [0.2, 0.25) is 5.91 Å². The molecule has 0 unspecified atom stereocenters. The fraction of sp³-hybridized carbons (Fsp3) is 0.188. The number of rotatable bonds is 6. The predicted molar refractivity (Wildman–Crippen MR) is 92.4 cm³/mol. The fourth-order valence-electron chi connectivity index (χ4n) is 2.26. The molecule has 0 aliphatic rings. The Morgan fingerprint density at radius 3 is 2.48 bits per heavy atom. The molecule has 0 bridgehead atoms. The maximum Gasteiger partial charge on any atom is 0.293 e. The molecule has 120 valence electrons. The highest BCUT2D eigenvalue weighted by Gasteiger charge is 2.19. The second-order valence-electron chi connectivity index (χ2n) is 5.01. The number of benzene rings is 2. The lowest BCUT2D eigenvalue weighted by molar-refractivity contribution is -0.384. The van der Waals surface area contributed by atoms with Crippen molar-refractivity contribution in [3.63, 3.8) is 0 Å². The number of anilines is 1. The van der Waals surface area contributed by atoms with Gasteiger partial charge in [0.15, 0.2) is 0 Å². The van der Waals surface area contributed by atoms with E-state index in [0.717, 1.165) is 16.5 Å². The number of hydrogen-bond donors (Lipinski definition) is 2. The summed E-state index contributed by atoms with van der Waals surface area (Å²) in [5.41, 5.74) is 6.49. The zero-order valence-electron chi connectivity index (χ0n) is 12.5. The zero-order valence-corrected chi connectivity index (χ0v) is 14.0. The van der Waals surface area contributed by atoms with Crippen LogP contribution in [0, 0.1) is 10.1 Å². The molecule has 0 aliphatic heterocycles. The highest BCUT2D eigenvalue weighted by molar-refractivity contribution is 9.10. The van der Waals surface area contributed by atoms with Gasteiger partial charge in [-0.1, -0.05) is 35.0 Å². The van der Waals surface area contributed by atoms with Crippen LogP contribution in [-0.4, -0.2) is 10.8 Å². The van der Waals surface area contributed by atoms with Gasteiger partial charge in [-0.15, -0.1) is 0 Å². The Morgan fingerprint density at radius 2 is 1.96 bits per heavy atom. The van der Waals surface area contributed by atoms with Crippen molar-refractivity contribution >= 4 is 33.2 Å². The number of nitro groups is 1. The van der Waals surface area contributed by atoms with Crippen molar-refractivity contribution in [3.8, 4) is 0 Å². The van der Waals surface area contributed by atoms with Crippen LogP contribution < -0.4 is 11.1 Å². The number of hydrogen-bond acceptors (Lipinski definition) is 4. The Labute approximate surface area is 142 Å². The average molecular weight is 378 g/mol. The molecule has 2 rings (SSSR count). The smallest absolute Gasteiger partial charge is 0.293 e. The van der Waals surface area contributed by atoms with Crippen molar-refractivity contribution in [2.75, 3.05) is 5.32 Å². The summed E-state index contributed by atoms with van der Waals surface area (Å²) in [7, 11) is 0. The minimum atomic E-state index is -0.695. The summed E-state index contributed by atoms with van der Waals surface area (Å²) in [6, 6.07) is 11.9. The normalized spacial score (nSPS) is 11.7. The third-order valence-electron chi connectivity index (χ3n) is 3.49. The maximum atomic E-state index is 11.3. The lowest BCUT2D eigenvalue weighted by atomic mass is 10.0. The van der Waals surface area contributed by atoms with E-state index in [4.69, 9.17) is 5.73 Å². The largest absolute Gasteiger partial charge is 0.373 e. The van der Waals surface area contributed by atoms with Gasteiger partial charge in [-0.3, -0.25) is 14.9 Å². The van der Waals surface area contributed by atoms with Gasteiger partial charge in [0, 0.05) is 16.1 Å². The van der Waals surface area contributed by atoms with Crippen LogP contribution in [0.4, 0.5) is 11.4 Å². The molecule has 0 saturated heterocycles. The molecule has 3 N–H and O–H groups in total. The standard InChI is InChI=1S/C16H16BrN3O3/c1-2-13(10-3-6-12(17)7-4-10)19-14-8-5-11(16(18)21)9-15(14)20(22)23/h3-9,13,19H,2H2,1H3,(H2,18,21)/t13-/m0/s1. The second-order valence-corrected chi connectivity index (χ2v) is 5.93. The van der Waals surface area contributed by atoms with Crippen molar-refractivity contribution in [3.05, 3.63) is 68.2 Å². The summed E-state index contributed by atoms with van der Waals surface area (Å²) in [6.45, 7) is 1.99. The maximum absolute atomic E-state index is 11.3. The number of nitrogens with two attached hydrogens (primary N) is 1. The van der Waals surface area contributed by atoms with Crippen LogP contribution in [0.25, 0.3) is 0 Å². The molecule has 0 aromatic heterocycles. The summed E-state index contributed by atoms with van der Waals surface area (Å²) in [6.07, 6.45) is 0.746. The van der Waals surface area contributed by atoms with E-state index < -0.39 is 10.8 Å². The molecule has 23 heavy (non-hydrogen) atoms. The van der Waals surface area contributed by atoms with Crippen molar-refractivity contribution in [2.24, 2.45) is 5.73 Å². The summed E-state index contributed by atoms with van der Waals surface area (Å²) in [4.78, 5) is 21.9. The molecular formula is C16H16BrN3O3. The highest BCUT2D eigenvalue weighted by Crippen LogP contribution is 2.31. The first-order chi connectivity index (χ1) is 10.9. The van der Waals surface area contributed by atoms with Gasteiger partial charge >= 0.3 is 0 Å². The van der Waals surface area contributed by atoms with E-state index in [2.05, 4.69) is 21.2 Å². The summed E-state index contributed by atoms with van der Waals surface area (Å²) in [5, 5.41) is 14.4. The molecule has 0 saturated carbocycles.